The molecule has 90 valence electrons. The zero-order chi connectivity index (χ0) is 12.4. The molecule has 7 heteroatoms. The van der Waals surface area contributed by atoms with Crippen molar-refractivity contribution in [2.24, 2.45) is 0 Å². The van der Waals surface area contributed by atoms with Gasteiger partial charge in [-0.2, -0.15) is 0 Å². The van der Waals surface area contributed by atoms with Gasteiger partial charge in [0.1, 0.15) is 6.33 Å². The van der Waals surface area contributed by atoms with Gasteiger partial charge in [-0.15, -0.1) is 10.2 Å². The monoisotopic (exact) mass is 333 g/mol. The van der Waals surface area contributed by atoms with E-state index in [1.165, 1.54) is 0 Å². The van der Waals surface area contributed by atoms with E-state index in [2.05, 4.69) is 26.1 Å². The maximum atomic E-state index is 11.4. The van der Waals surface area contributed by atoms with Crippen molar-refractivity contribution in [3.8, 4) is 0 Å². The molecule has 0 bridgehead atoms. The average molecular weight is 335 g/mol. The lowest BCUT2D eigenvalue weighted by atomic mass is 10.2. The summed E-state index contributed by atoms with van der Waals surface area (Å²) in [5.74, 6) is 0. The molecular weight excluding hydrogens is 326 g/mol. The number of hydrogen-bond acceptors (Lipinski definition) is 3. The molecule has 0 saturated heterocycles. The van der Waals surface area contributed by atoms with E-state index in [0.717, 1.165) is 10.0 Å². The van der Waals surface area contributed by atoms with Crippen LogP contribution in [0.1, 0.15) is 5.56 Å². The summed E-state index contributed by atoms with van der Waals surface area (Å²) in [6, 6.07) is 5.55. The fourth-order valence-electron chi connectivity index (χ4n) is 1.41. The van der Waals surface area contributed by atoms with Crippen LogP contribution in [0.5, 0.6) is 0 Å². The molecule has 2 rings (SSSR count). The van der Waals surface area contributed by atoms with Crippen LogP contribution in [0.2, 0.25) is 5.02 Å². The summed E-state index contributed by atoms with van der Waals surface area (Å²) in [4.78, 5) is 0. The number of hydrogen-bond donors (Lipinski definition) is 0. The van der Waals surface area contributed by atoms with Crippen LogP contribution in [0.25, 0.3) is 0 Å². The summed E-state index contributed by atoms with van der Waals surface area (Å²) >= 11 is 9.31. The molecule has 0 amide bonds. The summed E-state index contributed by atoms with van der Waals surface area (Å²) in [6.45, 7) is 0.555. The van der Waals surface area contributed by atoms with Crippen molar-refractivity contribution >= 4 is 38.3 Å². The molecule has 1 heterocycles. The third-order valence-electron chi connectivity index (χ3n) is 2.19. The summed E-state index contributed by atoms with van der Waals surface area (Å²) in [6.07, 6.45) is 3.15. The Kier molecular flexibility index (Phi) is 3.96. The third kappa shape index (κ3) is 2.94. The van der Waals surface area contributed by atoms with Crippen molar-refractivity contribution in [2.45, 2.75) is 11.7 Å². The molecule has 4 nitrogen and oxygen atoms in total. The van der Waals surface area contributed by atoms with Crippen LogP contribution in [0.15, 0.2) is 34.2 Å². The SMILES string of the molecule is C[S@@](=O)c1nncn1Cc1ccc(Cl)cc1Br. The Morgan fingerprint density at radius 1 is 1.53 bits per heavy atom. The molecule has 0 aliphatic carbocycles. The molecule has 2 aromatic rings. The number of halogens is 2. The van der Waals surface area contributed by atoms with E-state index in [9.17, 15) is 4.21 Å². The van der Waals surface area contributed by atoms with Gasteiger partial charge in [0.2, 0.25) is 5.16 Å². The lowest BCUT2D eigenvalue weighted by Crippen LogP contribution is -2.05. The molecule has 0 aliphatic rings. The highest BCUT2D eigenvalue weighted by Crippen LogP contribution is 2.22. The predicted octanol–water partition coefficient (Wildman–Crippen LogP) is 2.48. The Hall–Kier alpha value is -0.720. The maximum absolute atomic E-state index is 11.4. The molecule has 0 spiro atoms. The molecule has 1 aromatic carbocycles. The lowest BCUT2D eigenvalue weighted by molar-refractivity contribution is 0.653. The Labute approximate surface area is 115 Å². The highest BCUT2D eigenvalue weighted by Gasteiger charge is 2.09. The van der Waals surface area contributed by atoms with Gasteiger partial charge in [-0.3, -0.25) is 4.21 Å². The fourth-order valence-corrected chi connectivity index (χ4v) is 2.82. The van der Waals surface area contributed by atoms with E-state index in [4.69, 9.17) is 11.6 Å². The van der Waals surface area contributed by atoms with E-state index in [1.54, 1.807) is 17.2 Å². The Bertz CT molecular complexity index is 572. The van der Waals surface area contributed by atoms with Crippen molar-refractivity contribution in [3.63, 3.8) is 0 Å². The summed E-state index contributed by atoms with van der Waals surface area (Å²) in [5, 5.41) is 8.73. The van der Waals surface area contributed by atoms with E-state index < -0.39 is 10.8 Å². The van der Waals surface area contributed by atoms with E-state index in [0.29, 0.717) is 16.7 Å². The molecular formula is C10H9BrClN3OS. The van der Waals surface area contributed by atoms with Crippen LogP contribution in [0.4, 0.5) is 0 Å². The maximum Gasteiger partial charge on any atom is 0.221 e. The predicted molar refractivity (Wildman–Crippen MR) is 70.6 cm³/mol. The first-order chi connectivity index (χ1) is 8.08. The van der Waals surface area contributed by atoms with Gasteiger partial charge in [-0.1, -0.05) is 33.6 Å². The number of rotatable bonds is 3. The van der Waals surface area contributed by atoms with Crippen molar-refractivity contribution in [3.05, 3.63) is 39.6 Å². The molecule has 0 unspecified atom stereocenters. The molecule has 0 fully saturated rings. The minimum atomic E-state index is -1.15. The summed E-state index contributed by atoms with van der Waals surface area (Å²) in [5.41, 5.74) is 1.03. The first-order valence-electron chi connectivity index (χ1n) is 4.73. The molecule has 17 heavy (non-hydrogen) atoms. The van der Waals surface area contributed by atoms with E-state index in [-0.39, 0.29) is 0 Å². The second kappa shape index (κ2) is 5.29. The number of nitrogens with zero attached hydrogens (tertiary/aromatic N) is 3. The van der Waals surface area contributed by atoms with Gasteiger partial charge in [0.15, 0.2) is 0 Å². The van der Waals surface area contributed by atoms with Crippen molar-refractivity contribution in [1.29, 1.82) is 0 Å². The standard InChI is InChI=1S/C10H9BrClN3OS/c1-17(16)10-14-13-6-15(10)5-7-2-3-8(12)4-9(7)11/h2-4,6H,5H2,1H3/t17-/m1/s1. The van der Waals surface area contributed by atoms with Crippen LogP contribution in [0, 0.1) is 0 Å². The highest BCUT2D eigenvalue weighted by atomic mass is 79.9. The van der Waals surface area contributed by atoms with Gasteiger partial charge in [0, 0.05) is 15.8 Å². The van der Waals surface area contributed by atoms with E-state index >= 15 is 0 Å². The molecule has 0 aliphatic heterocycles. The smallest absolute Gasteiger partial charge is 0.221 e. The van der Waals surface area contributed by atoms with Gasteiger partial charge in [0.25, 0.3) is 0 Å². The van der Waals surface area contributed by atoms with Gasteiger partial charge in [0.05, 0.1) is 17.3 Å². The molecule has 0 saturated carbocycles. The Balaban J connectivity index is 2.31. The first-order valence-corrected chi connectivity index (χ1v) is 7.46. The zero-order valence-corrected chi connectivity index (χ0v) is 12.1. The van der Waals surface area contributed by atoms with Crippen molar-refractivity contribution in [1.82, 2.24) is 14.8 Å². The summed E-state index contributed by atoms with van der Waals surface area (Å²) < 4.78 is 14.1. The lowest BCUT2D eigenvalue weighted by Gasteiger charge is -2.07. The topological polar surface area (TPSA) is 47.8 Å². The number of benzene rings is 1. The molecule has 1 aromatic heterocycles. The van der Waals surface area contributed by atoms with Crippen LogP contribution in [-0.4, -0.2) is 25.2 Å². The second-order valence-electron chi connectivity index (χ2n) is 3.43. The van der Waals surface area contributed by atoms with Crippen LogP contribution in [0.3, 0.4) is 0 Å². The molecule has 0 N–H and O–H groups in total. The quantitative estimate of drug-likeness (QED) is 0.866. The Morgan fingerprint density at radius 3 is 2.94 bits per heavy atom. The highest BCUT2D eigenvalue weighted by molar-refractivity contribution is 9.10. The van der Waals surface area contributed by atoms with Gasteiger partial charge in [-0.25, -0.2) is 0 Å². The Morgan fingerprint density at radius 2 is 2.29 bits per heavy atom. The fraction of sp³-hybridized carbons (Fsp3) is 0.200. The van der Waals surface area contributed by atoms with Gasteiger partial charge < -0.3 is 4.57 Å². The summed E-state index contributed by atoms with van der Waals surface area (Å²) in [7, 11) is -1.15. The van der Waals surface area contributed by atoms with E-state index in [1.807, 2.05) is 18.2 Å². The minimum Gasteiger partial charge on any atom is -0.302 e. The van der Waals surface area contributed by atoms with Crippen LogP contribution >= 0.6 is 27.5 Å². The average Bonchev–Trinajstić information content (AvgIpc) is 2.70. The van der Waals surface area contributed by atoms with Gasteiger partial charge in [-0.05, 0) is 17.7 Å². The third-order valence-corrected chi connectivity index (χ3v) is 4.00. The second-order valence-corrected chi connectivity index (χ2v) is 6.00. The molecule has 1 atom stereocenters. The van der Waals surface area contributed by atoms with Gasteiger partial charge >= 0.3 is 0 Å². The van der Waals surface area contributed by atoms with Crippen molar-refractivity contribution in [2.75, 3.05) is 6.26 Å². The van der Waals surface area contributed by atoms with Crippen molar-refractivity contribution < 1.29 is 4.21 Å². The zero-order valence-electron chi connectivity index (χ0n) is 8.93. The van der Waals surface area contributed by atoms with Crippen LogP contribution < -0.4 is 0 Å². The minimum absolute atomic E-state index is 0.465. The van der Waals surface area contributed by atoms with Crippen LogP contribution in [-0.2, 0) is 17.3 Å². The first kappa shape index (κ1) is 12.7. The largest absolute Gasteiger partial charge is 0.302 e. The number of aromatic nitrogens is 3. The molecule has 0 radical (unpaired) electrons. The normalized spacial score (nSPS) is 12.6.